The first kappa shape index (κ1) is 17.1. The second kappa shape index (κ2) is 7.00. The molecule has 128 valence electrons. The normalized spacial score (nSPS) is 18.0. The smallest absolute Gasteiger partial charge is 0.273 e. The molecule has 3 rings (SSSR count). The number of aromatic nitrogens is 1. The molecular weight excluding hydrogens is 346 g/mol. The molecule has 1 atom stereocenters. The van der Waals surface area contributed by atoms with Crippen molar-refractivity contribution >= 4 is 27.3 Å². The van der Waals surface area contributed by atoms with Crippen LogP contribution in [0, 0.1) is 5.92 Å². The second-order valence-electron chi connectivity index (χ2n) is 6.02. The molecule has 0 spiro atoms. The van der Waals surface area contributed by atoms with Gasteiger partial charge in [0.15, 0.2) is 0 Å². The van der Waals surface area contributed by atoms with Crippen LogP contribution in [-0.2, 0) is 16.4 Å². The highest BCUT2D eigenvalue weighted by molar-refractivity contribution is 7.89. The molecule has 1 amide bonds. The summed E-state index contributed by atoms with van der Waals surface area (Å²) in [6.45, 7) is 0.964. The number of hydrogen-bond acceptors (Lipinski definition) is 5. The lowest BCUT2D eigenvalue weighted by Gasteiger charge is -2.14. The lowest BCUT2D eigenvalue weighted by Crippen LogP contribution is -2.31. The van der Waals surface area contributed by atoms with E-state index in [2.05, 4.69) is 4.98 Å². The summed E-state index contributed by atoms with van der Waals surface area (Å²) < 4.78 is 22.3. The van der Waals surface area contributed by atoms with Gasteiger partial charge < -0.3 is 4.90 Å². The van der Waals surface area contributed by atoms with E-state index in [4.69, 9.17) is 5.14 Å². The fraction of sp³-hybridized carbons (Fsp3) is 0.375. The Labute approximate surface area is 145 Å². The van der Waals surface area contributed by atoms with E-state index in [1.54, 1.807) is 10.3 Å². The number of nitrogens with zero attached hydrogens (tertiary/aromatic N) is 2. The molecule has 1 fully saturated rings. The number of carbonyl (C=O) groups is 1. The number of nitrogens with two attached hydrogens (primary N) is 1. The molecule has 0 saturated carbocycles. The topological polar surface area (TPSA) is 93.4 Å². The number of rotatable bonds is 5. The van der Waals surface area contributed by atoms with Gasteiger partial charge in [-0.1, -0.05) is 30.3 Å². The molecular formula is C16H19N3O3S2. The first-order valence-electron chi connectivity index (χ1n) is 7.69. The Balaban J connectivity index is 1.62. The predicted molar refractivity (Wildman–Crippen MR) is 93.3 cm³/mol. The Morgan fingerprint density at radius 2 is 2.08 bits per heavy atom. The van der Waals surface area contributed by atoms with Crippen molar-refractivity contribution in [3.05, 3.63) is 52.0 Å². The quantitative estimate of drug-likeness (QED) is 0.868. The van der Waals surface area contributed by atoms with Crippen LogP contribution < -0.4 is 5.14 Å². The summed E-state index contributed by atoms with van der Waals surface area (Å²) in [6.07, 6.45) is 1.36. The van der Waals surface area contributed by atoms with Crippen molar-refractivity contribution in [2.75, 3.05) is 18.8 Å². The molecule has 0 unspecified atom stereocenters. The summed E-state index contributed by atoms with van der Waals surface area (Å²) in [7, 11) is -3.50. The molecule has 1 aliphatic heterocycles. The first-order valence-corrected chi connectivity index (χ1v) is 10.3. The van der Waals surface area contributed by atoms with Gasteiger partial charge in [-0.05, 0) is 17.9 Å². The summed E-state index contributed by atoms with van der Waals surface area (Å²) in [6, 6.07) is 9.98. The maximum atomic E-state index is 12.5. The molecule has 2 N–H and O–H groups in total. The standard InChI is InChI=1S/C16H19N3O3S2/c17-24(21,22)11-13-6-7-19(9-13)16(20)14-10-23-15(18-14)8-12-4-2-1-3-5-12/h1-5,10,13H,6-9,11H2,(H2,17,21,22)/t13-/m0/s1. The van der Waals surface area contributed by atoms with Gasteiger partial charge in [-0.2, -0.15) is 0 Å². The van der Waals surface area contributed by atoms with E-state index < -0.39 is 10.0 Å². The van der Waals surface area contributed by atoms with Crippen LogP contribution in [0.25, 0.3) is 0 Å². The third kappa shape index (κ3) is 4.40. The number of primary sulfonamides is 1. The third-order valence-electron chi connectivity index (χ3n) is 4.01. The summed E-state index contributed by atoms with van der Waals surface area (Å²) >= 11 is 1.47. The molecule has 6 nitrogen and oxygen atoms in total. The fourth-order valence-electron chi connectivity index (χ4n) is 2.90. The van der Waals surface area contributed by atoms with Crippen LogP contribution in [0.2, 0.25) is 0 Å². The van der Waals surface area contributed by atoms with Crippen LogP contribution in [0.3, 0.4) is 0 Å². The highest BCUT2D eigenvalue weighted by Crippen LogP contribution is 2.21. The molecule has 8 heteroatoms. The molecule has 0 aliphatic carbocycles. The van der Waals surface area contributed by atoms with E-state index in [0.717, 1.165) is 10.6 Å². The highest BCUT2D eigenvalue weighted by atomic mass is 32.2. The summed E-state index contributed by atoms with van der Waals surface area (Å²) in [4.78, 5) is 18.6. The molecule has 24 heavy (non-hydrogen) atoms. The van der Waals surface area contributed by atoms with Crippen LogP contribution in [0.1, 0.15) is 27.5 Å². The van der Waals surface area contributed by atoms with Gasteiger partial charge in [0.1, 0.15) is 5.69 Å². The van der Waals surface area contributed by atoms with Crippen molar-refractivity contribution < 1.29 is 13.2 Å². The van der Waals surface area contributed by atoms with Crippen LogP contribution in [-0.4, -0.2) is 43.1 Å². The van der Waals surface area contributed by atoms with Crippen LogP contribution in [0.4, 0.5) is 0 Å². The zero-order valence-electron chi connectivity index (χ0n) is 13.1. The third-order valence-corrected chi connectivity index (χ3v) is 5.79. The van der Waals surface area contributed by atoms with Gasteiger partial charge in [-0.3, -0.25) is 4.79 Å². The average molecular weight is 365 g/mol. The SMILES string of the molecule is NS(=O)(=O)C[C@H]1CCN(C(=O)c2csc(Cc3ccccc3)n2)C1. The summed E-state index contributed by atoms with van der Waals surface area (Å²) in [5.41, 5.74) is 1.59. The van der Waals surface area contributed by atoms with E-state index >= 15 is 0 Å². The van der Waals surface area contributed by atoms with E-state index in [9.17, 15) is 13.2 Å². The summed E-state index contributed by atoms with van der Waals surface area (Å²) in [5.74, 6) is -0.304. The van der Waals surface area contributed by atoms with Gasteiger partial charge >= 0.3 is 0 Å². The lowest BCUT2D eigenvalue weighted by atomic mass is 10.2. The number of thiazole rings is 1. The summed E-state index contributed by atoms with van der Waals surface area (Å²) in [5, 5.41) is 7.75. The Bertz CT molecular complexity index is 818. The number of carbonyl (C=O) groups excluding carboxylic acids is 1. The molecule has 2 heterocycles. The van der Waals surface area contributed by atoms with Gasteiger partial charge in [0.25, 0.3) is 5.91 Å². The molecule has 1 aromatic heterocycles. The minimum atomic E-state index is -3.50. The van der Waals surface area contributed by atoms with Crippen molar-refractivity contribution in [1.29, 1.82) is 0 Å². The Morgan fingerprint density at radius 1 is 1.33 bits per heavy atom. The number of likely N-dealkylation sites (tertiary alicyclic amines) is 1. The molecule has 2 aromatic rings. The van der Waals surface area contributed by atoms with Gasteiger partial charge in [-0.15, -0.1) is 11.3 Å². The Kier molecular flexibility index (Phi) is 4.98. The van der Waals surface area contributed by atoms with Crippen molar-refractivity contribution in [1.82, 2.24) is 9.88 Å². The molecule has 1 aromatic carbocycles. The van der Waals surface area contributed by atoms with Crippen molar-refractivity contribution in [2.24, 2.45) is 11.1 Å². The maximum absolute atomic E-state index is 12.5. The minimum absolute atomic E-state index is 0.0763. The number of amides is 1. The minimum Gasteiger partial charge on any atom is -0.337 e. The highest BCUT2D eigenvalue weighted by Gasteiger charge is 2.30. The first-order chi connectivity index (χ1) is 11.4. The molecule has 0 radical (unpaired) electrons. The second-order valence-corrected chi connectivity index (χ2v) is 8.63. The zero-order valence-corrected chi connectivity index (χ0v) is 14.7. The van der Waals surface area contributed by atoms with Crippen molar-refractivity contribution in [3.63, 3.8) is 0 Å². The van der Waals surface area contributed by atoms with Crippen LogP contribution in [0.5, 0.6) is 0 Å². The van der Waals surface area contributed by atoms with Crippen LogP contribution >= 0.6 is 11.3 Å². The van der Waals surface area contributed by atoms with Gasteiger partial charge in [0.05, 0.1) is 10.8 Å². The van der Waals surface area contributed by atoms with Gasteiger partial charge in [0, 0.05) is 24.9 Å². The predicted octanol–water partition coefficient (Wildman–Crippen LogP) is 1.48. The number of hydrogen-bond donors (Lipinski definition) is 1. The van der Waals surface area contributed by atoms with Crippen molar-refractivity contribution in [3.8, 4) is 0 Å². The number of benzene rings is 1. The fourth-order valence-corrected chi connectivity index (χ4v) is 4.64. The van der Waals surface area contributed by atoms with E-state index in [1.807, 2.05) is 30.3 Å². The zero-order chi connectivity index (χ0) is 17.2. The Hall–Kier alpha value is -1.77. The largest absolute Gasteiger partial charge is 0.337 e. The molecule has 1 saturated heterocycles. The average Bonchev–Trinajstić information content (AvgIpc) is 3.16. The van der Waals surface area contributed by atoms with E-state index in [0.29, 0.717) is 31.6 Å². The Morgan fingerprint density at radius 3 is 2.79 bits per heavy atom. The van der Waals surface area contributed by atoms with Crippen molar-refractivity contribution in [2.45, 2.75) is 12.8 Å². The van der Waals surface area contributed by atoms with Gasteiger partial charge in [0.2, 0.25) is 10.0 Å². The molecule has 1 aliphatic rings. The number of sulfonamides is 1. The lowest BCUT2D eigenvalue weighted by molar-refractivity contribution is 0.0783. The van der Waals surface area contributed by atoms with E-state index in [-0.39, 0.29) is 17.6 Å². The van der Waals surface area contributed by atoms with Gasteiger partial charge in [-0.25, -0.2) is 18.5 Å². The van der Waals surface area contributed by atoms with E-state index in [1.165, 1.54) is 11.3 Å². The molecule has 0 bridgehead atoms. The maximum Gasteiger partial charge on any atom is 0.273 e. The van der Waals surface area contributed by atoms with Crippen LogP contribution in [0.15, 0.2) is 35.7 Å². The monoisotopic (exact) mass is 365 g/mol.